The molecule has 0 aliphatic heterocycles. The fourth-order valence-electron chi connectivity index (χ4n) is 2.01. The van der Waals surface area contributed by atoms with E-state index >= 15 is 0 Å². The molecule has 0 spiro atoms. The lowest BCUT2D eigenvalue weighted by atomic mass is 9.88. The maximum absolute atomic E-state index is 3.25. The predicted molar refractivity (Wildman–Crippen MR) is 72.0 cm³/mol. The molecule has 1 aromatic rings. The largest absolute Gasteiger partial charge is 0.319 e. The molecule has 0 saturated heterocycles. The topological polar surface area (TPSA) is 12.0 Å². The molecule has 0 aromatic heterocycles. The summed E-state index contributed by atoms with van der Waals surface area (Å²) in [5.41, 5.74) is 2.88. The Morgan fingerprint density at radius 1 is 0.938 bits per heavy atom. The molecule has 1 heteroatoms. The third kappa shape index (κ3) is 3.34. The Labute approximate surface area is 100 Å². The van der Waals surface area contributed by atoms with Crippen molar-refractivity contribution < 1.29 is 0 Å². The van der Waals surface area contributed by atoms with E-state index in [0.29, 0.717) is 17.8 Å². The van der Waals surface area contributed by atoms with Crippen LogP contribution in [0.2, 0.25) is 0 Å². The molecule has 1 nitrogen and oxygen atoms in total. The lowest BCUT2D eigenvalue weighted by molar-refractivity contribution is 0.466. The van der Waals surface area contributed by atoms with E-state index in [0.717, 1.165) is 6.54 Å². The lowest BCUT2D eigenvalue weighted by Gasteiger charge is -2.20. The highest BCUT2D eigenvalue weighted by atomic mass is 14.8. The van der Waals surface area contributed by atoms with Gasteiger partial charge < -0.3 is 5.32 Å². The van der Waals surface area contributed by atoms with Crippen molar-refractivity contribution in [1.29, 1.82) is 0 Å². The van der Waals surface area contributed by atoms with Gasteiger partial charge in [-0.05, 0) is 42.5 Å². The van der Waals surface area contributed by atoms with Gasteiger partial charge in [0.25, 0.3) is 0 Å². The third-order valence-corrected chi connectivity index (χ3v) is 3.51. The van der Waals surface area contributed by atoms with Crippen molar-refractivity contribution in [1.82, 2.24) is 5.32 Å². The molecule has 0 aliphatic rings. The summed E-state index contributed by atoms with van der Waals surface area (Å²) in [4.78, 5) is 0. The minimum Gasteiger partial charge on any atom is -0.319 e. The molecule has 1 rings (SSSR count). The van der Waals surface area contributed by atoms with Crippen molar-refractivity contribution in [3.8, 4) is 0 Å². The summed E-state index contributed by atoms with van der Waals surface area (Å²) < 4.78 is 0. The molecule has 0 saturated carbocycles. The third-order valence-electron chi connectivity index (χ3n) is 3.51. The molecule has 0 bridgehead atoms. The molecule has 0 radical (unpaired) electrons. The van der Waals surface area contributed by atoms with Gasteiger partial charge in [-0.3, -0.25) is 0 Å². The smallest absolute Gasteiger partial charge is 0.00204 e. The first-order valence-electron chi connectivity index (χ1n) is 6.30. The molecular formula is C15H25N. The molecule has 90 valence electrons. The van der Waals surface area contributed by atoms with Crippen molar-refractivity contribution in [3.05, 3.63) is 35.4 Å². The fourth-order valence-corrected chi connectivity index (χ4v) is 2.01. The SMILES string of the molecule is CNCC(C)C(C)c1ccc(C(C)C)cc1. The lowest BCUT2D eigenvalue weighted by Crippen LogP contribution is -2.20. The molecule has 0 fully saturated rings. The number of rotatable bonds is 5. The number of hydrogen-bond acceptors (Lipinski definition) is 1. The minimum absolute atomic E-state index is 0.619. The summed E-state index contributed by atoms with van der Waals surface area (Å²) in [6, 6.07) is 9.10. The molecule has 2 atom stereocenters. The molecule has 1 N–H and O–H groups in total. The monoisotopic (exact) mass is 219 g/mol. The Balaban J connectivity index is 2.73. The molecule has 0 aliphatic carbocycles. The van der Waals surface area contributed by atoms with Crippen LogP contribution in [-0.2, 0) is 0 Å². The second-order valence-corrected chi connectivity index (χ2v) is 5.15. The zero-order chi connectivity index (χ0) is 12.1. The van der Waals surface area contributed by atoms with Crippen LogP contribution in [0.4, 0.5) is 0 Å². The van der Waals surface area contributed by atoms with Crippen LogP contribution in [-0.4, -0.2) is 13.6 Å². The average molecular weight is 219 g/mol. The van der Waals surface area contributed by atoms with E-state index in [9.17, 15) is 0 Å². The normalized spacial score (nSPS) is 15.1. The van der Waals surface area contributed by atoms with Crippen LogP contribution >= 0.6 is 0 Å². The zero-order valence-corrected chi connectivity index (χ0v) is 11.2. The summed E-state index contributed by atoms with van der Waals surface area (Å²) in [6.07, 6.45) is 0. The van der Waals surface area contributed by atoms with Crippen molar-refractivity contribution >= 4 is 0 Å². The summed E-state index contributed by atoms with van der Waals surface area (Å²) in [5, 5.41) is 3.25. The van der Waals surface area contributed by atoms with Crippen molar-refractivity contribution in [3.63, 3.8) is 0 Å². The molecular weight excluding hydrogens is 194 g/mol. The maximum Gasteiger partial charge on any atom is -0.00204 e. The Morgan fingerprint density at radius 3 is 1.88 bits per heavy atom. The first kappa shape index (κ1) is 13.2. The van der Waals surface area contributed by atoms with Crippen LogP contribution in [0.25, 0.3) is 0 Å². The van der Waals surface area contributed by atoms with Gasteiger partial charge in [-0.25, -0.2) is 0 Å². The van der Waals surface area contributed by atoms with Gasteiger partial charge in [0, 0.05) is 0 Å². The number of nitrogens with one attached hydrogen (secondary N) is 1. The van der Waals surface area contributed by atoms with Crippen LogP contribution in [0.5, 0.6) is 0 Å². The van der Waals surface area contributed by atoms with Crippen molar-refractivity contribution in [2.24, 2.45) is 5.92 Å². The van der Waals surface area contributed by atoms with Crippen LogP contribution in [0.3, 0.4) is 0 Å². The van der Waals surface area contributed by atoms with Gasteiger partial charge in [0.15, 0.2) is 0 Å². The Hall–Kier alpha value is -0.820. The van der Waals surface area contributed by atoms with Crippen LogP contribution in [0.1, 0.15) is 50.7 Å². The van der Waals surface area contributed by atoms with E-state index in [1.54, 1.807) is 0 Å². The molecule has 2 unspecified atom stereocenters. The van der Waals surface area contributed by atoms with Gasteiger partial charge in [0.05, 0.1) is 0 Å². The molecule has 1 aromatic carbocycles. The highest BCUT2D eigenvalue weighted by molar-refractivity contribution is 5.27. The Bertz CT molecular complexity index is 300. The molecule has 0 heterocycles. The van der Waals surface area contributed by atoms with Gasteiger partial charge >= 0.3 is 0 Å². The van der Waals surface area contributed by atoms with Crippen LogP contribution < -0.4 is 5.32 Å². The van der Waals surface area contributed by atoms with E-state index in [1.807, 2.05) is 7.05 Å². The fraction of sp³-hybridized carbons (Fsp3) is 0.600. The van der Waals surface area contributed by atoms with E-state index in [-0.39, 0.29) is 0 Å². The van der Waals surface area contributed by atoms with Gasteiger partial charge in [0.1, 0.15) is 0 Å². The predicted octanol–water partition coefficient (Wildman–Crippen LogP) is 3.77. The van der Waals surface area contributed by atoms with Gasteiger partial charge in [-0.2, -0.15) is 0 Å². The molecule has 0 amide bonds. The summed E-state index contributed by atoms with van der Waals surface area (Å²) in [6.45, 7) is 10.2. The van der Waals surface area contributed by atoms with E-state index in [2.05, 4.69) is 57.3 Å². The number of hydrogen-bond donors (Lipinski definition) is 1. The Morgan fingerprint density at radius 2 is 1.44 bits per heavy atom. The van der Waals surface area contributed by atoms with E-state index in [1.165, 1.54) is 11.1 Å². The van der Waals surface area contributed by atoms with Gasteiger partial charge in [-0.15, -0.1) is 0 Å². The second kappa shape index (κ2) is 6.05. The molecule has 16 heavy (non-hydrogen) atoms. The standard InChI is InChI=1S/C15H25N/c1-11(2)14-6-8-15(9-7-14)13(4)12(3)10-16-5/h6-9,11-13,16H,10H2,1-5H3. The zero-order valence-electron chi connectivity index (χ0n) is 11.2. The maximum atomic E-state index is 3.25. The number of benzene rings is 1. The average Bonchev–Trinajstić information content (AvgIpc) is 2.28. The van der Waals surface area contributed by atoms with Crippen molar-refractivity contribution in [2.45, 2.75) is 39.5 Å². The Kier molecular flexibility index (Phi) is 5.01. The first-order valence-corrected chi connectivity index (χ1v) is 6.30. The van der Waals surface area contributed by atoms with Crippen LogP contribution in [0.15, 0.2) is 24.3 Å². The summed E-state index contributed by atoms with van der Waals surface area (Å²) in [7, 11) is 2.02. The highest BCUT2D eigenvalue weighted by Gasteiger charge is 2.13. The minimum atomic E-state index is 0.619. The van der Waals surface area contributed by atoms with Gasteiger partial charge in [-0.1, -0.05) is 52.0 Å². The summed E-state index contributed by atoms with van der Waals surface area (Å²) >= 11 is 0. The quantitative estimate of drug-likeness (QED) is 0.795. The van der Waals surface area contributed by atoms with E-state index in [4.69, 9.17) is 0 Å². The summed E-state index contributed by atoms with van der Waals surface area (Å²) in [5.74, 6) is 1.92. The van der Waals surface area contributed by atoms with Crippen molar-refractivity contribution in [2.75, 3.05) is 13.6 Å². The highest BCUT2D eigenvalue weighted by Crippen LogP contribution is 2.25. The first-order chi connectivity index (χ1) is 7.56. The van der Waals surface area contributed by atoms with E-state index < -0.39 is 0 Å². The van der Waals surface area contributed by atoms with Crippen LogP contribution in [0, 0.1) is 5.92 Å². The second-order valence-electron chi connectivity index (χ2n) is 5.15. The van der Waals surface area contributed by atoms with Gasteiger partial charge in [0.2, 0.25) is 0 Å².